The molecule has 88 valence electrons. The Kier molecular flexibility index (Phi) is 4.61. The second kappa shape index (κ2) is 5.75. The molecule has 1 aromatic rings. The van der Waals surface area contributed by atoms with Gasteiger partial charge in [0.25, 0.3) is 0 Å². The number of carbonyl (C=O) groups is 1. The lowest BCUT2D eigenvalue weighted by Crippen LogP contribution is -2.08. The topological polar surface area (TPSA) is 55.8 Å². The summed E-state index contributed by atoms with van der Waals surface area (Å²) in [7, 11) is 1.46. The van der Waals surface area contributed by atoms with Crippen LogP contribution in [0.1, 0.15) is 12.5 Å². The summed E-state index contributed by atoms with van der Waals surface area (Å²) >= 11 is 3.27. The van der Waals surface area contributed by atoms with Gasteiger partial charge in [-0.2, -0.15) is 0 Å². The van der Waals surface area contributed by atoms with Gasteiger partial charge in [-0.25, -0.2) is 0 Å². The van der Waals surface area contributed by atoms with Crippen LogP contribution < -0.4 is 4.74 Å². The van der Waals surface area contributed by atoms with Crippen LogP contribution in [0.2, 0.25) is 0 Å². The Morgan fingerprint density at radius 3 is 2.75 bits per heavy atom. The van der Waals surface area contributed by atoms with E-state index >= 15 is 0 Å². The summed E-state index contributed by atoms with van der Waals surface area (Å²) in [6.45, 7) is 2.11. The summed E-state index contributed by atoms with van der Waals surface area (Å²) in [5.74, 6) is 0.0559. The van der Waals surface area contributed by atoms with Crippen LogP contribution >= 0.6 is 15.9 Å². The molecule has 0 aliphatic heterocycles. The number of methoxy groups -OCH3 is 1. The van der Waals surface area contributed by atoms with Crippen molar-refractivity contribution in [1.82, 2.24) is 0 Å². The molecule has 0 atom stereocenters. The molecule has 0 saturated carbocycles. The molecular weight excluding hydrogens is 276 g/mol. The zero-order chi connectivity index (χ0) is 12.1. The molecular formula is C11H13BrO4. The molecule has 0 bridgehead atoms. The van der Waals surface area contributed by atoms with Crippen molar-refractivity contribution in [3.63, 3.8) is 0 Å². The van der Waals surface area contributed by atoms with Gasteiger partial charge in [0, 0.05) is 4.47 Å². The van der Waals surface area contributed by atoms with Crippen LogP contribution in [0, 0.1) is 0 Å². The summed E-state index contributed by atoms with van der Waals surface area (Å²) in [6.07, 6.45) is 0.144. The predicted molar refractivity (Wildman–Crippen MR) is 62.7 cm³/mol. The van der Waals surface area contributed by atoms with Crippen molar-refractivity contribution in [1.29, 1.82) is 0 Å². The molecule has 1 N–H and O–H groups in total. The number of carbonyl (C=O) groups excluding carboxylic acids is 1. The Morgan fingerprint density at radius 1 is 1.50 bits per heavy atom. The number of hydrogen-bond donors (Lipinski definition) is 1. The molecule has 0 fully saturated rings. The van der Waals surface area contributed by atoms with Crippen LogP contribution in [-0.2, 0) is 16.0 Å². The standard InChI is InChI=1S/C11H13BrO4/c1-3-16-11(14)5-7-4-10(15-2)9(13)6-8(7)12/h4,6,13H,3,5H2,1-2H3. The highest BCUT2D eigenvalue weighted by Crippen LogP contribution is 2.32. The van der Waals surface area contributed by atoms with Gasteiger partial charge < -0.3 is 14.6 Å². The fourth-order valence-electron chi connectivity index (χ4n) is 1.25. The van der Waals surface area contributed by atoms with Gasteiger partial charge in [-0.1, -0.05) is 15.9 Å². The third-order valence-corrected chi connectivity index (χ3v) is 2.73. The van der Waals surface area contributed by atoms with E-state index in [9.17, 15) is 9.90 Å². The van der Waals surface area contributed by atoms with Gasteiger partial charge in [-0.15, -0.1) is 0 Å². The first kappa shape index (κ1) is 12.8. The third kappa shape index (κ3) is 3.13. The van der Waals surface area contributed by atoms with Gasteiger partial charge in [0.15, 0.2) is 11.5 Å². The van der Waals surface area contributed by atoms with E-state index in [0.29, 0.717) is 22.4 Å². The largest absolute Gasteiger partial charge is 0.504 e. The van der Waals surface area contributed by atoms with E-state index in [0.717, 1.165) is 0 Å². The lowest BCUT2D eigenvalue weighted by atomic mass is 10.1. The third-order valence-electron chi connectivity index (χ3n) is 1.99. The molecule has 0 heterocycles. The number of esters is 1. The predicted octanol–water partition coefficient (Wildman–Crippen LogP) is 2.27. The minimum Gasteiger partial charge on any atom is -0.504 e. The molecule has 0 unspecified atom stereocenters. The number of halogens is 1. The van der Waals surface area contributed by atoms with Crippen molar-refractivity contribution in [2.24, 2.45) is 0 Å². The summed E-state index contributed by atoms with van der Waals surface area (Å²) < 4.78 is 10.5. The number of benzene rings is 1. The highest BCUT2D eigenvalue weighted by Gasteiger charge is 2.12. The van der Waals surface area contributed by atoms with Gasteiger partial charge in [0.1, 0.15) is 0 Å². The molecule has 0 aliphatic carbocycles. The summed E-state index contributed by atoms with van der Waals surface area (Å²) in [6, 6.07) is 3.10. The quantitative estimate of drug-likeness (QED) is 0.864. The summed E-state index contributed by atoms with van der Waals surface area (Å²) in [5.41, 5.74) is 0.716. The zero-order valence-electron chi connectivity index (χ0n) is 9.12. The van der Waals surface area contributed by atoms with Crippen LogP contribution in [0.4, 0.5) is 0 Å². The number of phenolic OH excluding ortho intramolecular Hbond substituents is 1. The van der Waals surface area contributed by atoms with Gasteiger partial charge in [0.05, 0.1) is 20.1 Å². The van der Waals surface area contributed by atoms with Crippen molar-refractivity contribution in [3.05, 3.63) is 22.2 Å². The molecule has 0 amide bonds. The molecule has 0 aliphatic rings. The second-order valence-electron chi connectivity index (χ2n) is 3.10. The van der Waals surface area contributed by atoms with Crippen LogP contribution in [0.3, 0.4) is 0 Å². The molecule has 5 heteroatoms. The molecule has 0 radical (unpaired) electrons. The van der Waals surface area contributed by atoms with Crippen LogP contribution in [0.5, 0.6) is 11.5 Å². The first-order valence-corrected chi connectivity index (χ1v) is 5.58. The van der Waals surface area contributed by atoms with E-state index in [1.54, 1.807) is 13.0 Å². The fraction of sp³-hybridized carbons (Fsp3) is 0.364. The van der Waals surface area contributed by atoms with Gasteiger partial charge in [0.2, 0.25) is 0 Å². The van der Waals surface area contributed by atoms with E-state index in [4.69, 9.17) is 9.47 Å². The van der Waals surface area contributed by atoms with Crippen LogP contribution in [-0.4, -0.2) is 24.8 Å². The Hall–Kier alpha value is -1.23. The number of ether oxygens (including phenoxy) is 2. The zero-order valence-corrected chi connectivity index (χ0v) is 10.7. The lowest BCUT2D eigenvalue weighted by molar-refractivity contribution is -0.142. The van der Waals surface area contributed by atoms with Gasteiger partial charge in [-0.05, 0) is 24.6 Å². The van der Waals surface area contributed by atoms with E-state index in [2.05, 4.69) is 15.9 Å². The SMILES string of the molecule is CCOC(=O)Cc1cc(OC)c(O)cc1Br. The van der Waals surface area contributed by atoms with Crippen molar-refractivity contribution in [2.45, 2.75) is 13.3 Å². The Bertz CT molecular complexity index is 390. The van der Waals surface area contributed by atoms with E-state index in [-0.39, 0.29) is 18.1 Å². The summed E-state index contributed by atoms with van der Waals surface area (Å²) in [5, 5.41) is 9.48. The monoisotopic (exact) mass is 288 g/mol. The van der Waals surface area contributed by atoms with Crippen molar-refractivity contribution in [2.75, 3.05) is 13.7 Å². The molecule has 4 nitrogen and oxygen atoms in total. The average Bonchev–Trinajstić information content (AvgIpc) is 2.22. The highest BCUT2D eigenvalue weighted by atomic mass is 79.9. The minimum absolute atomic E-state index is 0.0296. The number of aromatic hydroxyl groups is 1. The van der Waals surface area contributed by atoms with Crippen molar-refractivity contribution < 1.29 is 19.4 Å². The minimum atomic E-state index is -0.309. The summed E-state index contributed by atoms with van der Waals surface area (Å²) in [4.78, 5) is 11.3. The van der Waals surface area contributed by atoms with E-state index in [1.807, 2.05) is 0 Å². The number of rotatable bonds is 4. The lowest BCUT2D eigenvalue weighted by Gasteiger charge is -2.08. The average molecular weight is 289 g/mol. The number of hydrogen-bond acceptors (Lipinski definition) is 4. The molecule has 1 aromatic carbocycles. The Morgan fingerprint density at radius 2 is 2.19 bits per heavy atom. The smallest absolute Gasteiger partial charge is 0.310 e. The maximum atomic E-state index is 11.3. The molecule has 1 rings (SSSR count). The first-order chi connectivity index (χ1) is 7.58. The van der Waals surface area contributed by atoms with Crippen LogP contribution in [0.15, 0.2) is 16.6 Å². The van der Waals surface area contributed by atoms with Gasteiger partial charge in [-0.3, -0.25) is 4.79 Å². The first-order valence-electron chi connectivity index (χ1n) is 4.79. The molecule has 0 aromatic heterocycles. The van der Waals surface area contributed by atoms with E-state index in [1.165, 1.54) is 13.2 Å². The van der Waals surface area contributed by atoms with Crippen molar-refractivity contribution in [3.8, 4) is 11.5 Å². The second-order valence-corrected chi connectivity index (χ2v) is 3.95. The highest BCUT2D eigenvalue weighted by molar-refractivity contribution is 9.10. The molecule has 16 heavy (non-hydrogen) atoms. The van der Waals surface area contributed by atoms with Gasteiger partial charge >= 0.3 is 5.97 Å². The van der Waals surface area contributed by atoms with Crippen molar-refractivity contribution >= 4 is 21.9 Å². The normalized spacial score (nSPS) is 9.94. The Labute approximate surface area is 102 Å². The maximum absolute atomic E-state index is 11.3. The number of phenols is 1. The Balaban J connectivity index is 2.91. The maximum Gasteiger partial charge on any atom is 0.310 e. The molecule has 0 spiro atoms. The fourth-order valence-corrected chi connectivity index (χ4v) is 1.72. The van der Waals surface area contributed by atoms with E-state index < -0.39 is 0 Å². The molecule has 0 saturated heterocycles. The van der Waals surface area contributed by atoms with Crippen LogP contribution in [0.25, 0.3) is 0 Å².